The number of nitro groups is 2. The summed E-state index contributed by atoms with van der Waals surface area (Å²) in [4.78, 5) is 23.8. The molecule has 11 heteroatoms. The molecule has 0 bridgehead atoms. The number of nitrogens with one attached hydrogen (secondary N) is 1. The van der Waals surface area contributed by atoms with E-state index in [0.717, 1.165) is 48.3 Å². The second kappa shape index (κ2) is 13.5. The molecule has 4 rings (SSSR count). The van der Waals surface area contributed by atoms with Crippen LogP contribution in [0.4, 0.5) is 17.1 Å². The SMILES string of the molecule is COc1ccc(C(C)/C(=N\Nc2ccc([N+](=O)[O-])cc2[N+](=O)[O-])c2ccc(OCCN3CCCCC3)cc2)cc1. The molecule has 1 saturated heterocycles. The number of piperidine rings is 1. The van der Waals surface area contributed by atoms with E-state index in [0.29, 0.717) is 12.3 Å². The Morgan fingerprint density at radius 1 is 0.950 bits per heavy atom. The molecule has 1 heterocycles. The molecule has 1 unspecified atom stereocenters. The monoisotopic (exact) mass is 547 g/mol. The molecule has 0 aromatic heterocycles. The quantitative estimate of drug-likeness (QED) is 0.166. The first-order valence-corrected chi connectivity index (χ1v) is 13.2. The van der Waals surface area contributed by atoms with Gasteiger partial charge in [-0.15, -0.1) is 0 Å². The van der Waals surface area contributed by atoms with Crippen LogP contribution < -0.4 is 14.9 Å². The fourth-order valence-corrected chi connectivity index (χ4v) is 4.66. The van der Waals surface area contributed by atoms with E-state index >= 15 is 0 Å². The first kappa shape index (κ1) is 28.5. The summed E-state index contributed by atoms with van der Waals surface area (Å²) in [5.74, 6) is 1.26. The van der Waals surface area contributed by atoms with Gasteiger partial charge in [-0.3, -0.25) is 30.6 Å². The van der Waals surface area contributed by atoms with Crippen LogP contribution in [0, 0.1) is 20.2 Å². The van der Waals surface area contributed by atoms with E-state index in [2.05, 4.69) is 15.4 Å². The average Bonchev–Trinajstić information content (AvgIpc) is 2.98. The van der Waals surface area contributed by atoms with Crippen LogP contribution in [0.3, 0.4) is 0 Å². The van der Waals surface area contributed by atoms with E-state index < -0.39 is 15.5 Å². The molecule has 0 radical (unpaired) electrons. The maximum Gasteiger partial charge on any atom is 0.301 e. The zero-order chi connectivity index (χ0) is 28.5. The number of nitrogens with zero attached hydrogens (tertiary/aromatic N) is 4. The number of likely N-dealkylation sites (tertiary alicyclic amines) is 1. The fourth-order valence-electron chi connectivity index (χ4n) is 4.66. The maximum absolute atomic E-state index is 11.6. The van der Waals surface area contributed by atoms with E-state index in [1.807, 2.05) is 55.5 Å². The van der Waals surface area contributed by atoms with Crippen molar-refractivity contribution in [2.45, 2.75) is 32.1 Å². The Labute approximate surface area is 232 Å². The Hall–Kier alpha value is -4.51. The first-order chi connectivity index (χ1) is 19.4. The molecule has 1 fully saturated rings. The minimum Gasteiger partial charge on any atom is -0.497 e. The highest BCUT2D eigenvalue weighted by Gasteiger charge is 2.21. The second-order valence-electron chi connectivity index (χ2n) is 9.59. The Kier molecular flexibility index (Phi) is 9.63. The van der Waals surface area contributed by atoms with Crippen LogP contribution in [0.1, 0.15) is 43.2 Å². The molecule has 40 heavy (non-hydrogen) atoms. The highest BCUT2D eigenvalue weighted by Crippen LogP contribution is 2.30. The largest absolute Gasteiger partial charge is 0.497 e. The van der Waals surface area contributed by atoms with Crippen LogP contribution in [0.25, 0.3) is 0 Å². The third-order valence-corrected chi connectivity index (χ3v) is 6.99. The van der Waals surface area contributed by atoms with Gasteiger partial charge in [0, 0.05) is 18.5 Å². The Morgan fingerprint density at radius 2 is 1.62 bits per heavy atom. The zero-order valence-electron chi connectivity index (χ0n) is 22.6. The van der Waals surface area contributed by atoms with Crippen LogP contribution in [-0.2, 0) is 0 Å². The lowest BCUT2D eigenvalue weighted by Gasteiger charge is -2.26. The molecule has 3 aromatic carbocycles. The summed E-state index contributed by atoms with van der Waals surface area (Å²) < 4.78 is 11.2. The van der Waals surface area contributed by atoms with Crippen molar-refractivity contribution in [1.29, 1.82) is 0 Å². The van der Waals surface area contributed by atoms with Crippen LogP contribution in [0.5, 0.6) is 11.5 Å². The third kappa shape index (κ3) is 7.32. The van der Waals surface area contributed by atoms with Gasteiger partial charge < -0.3 is 9.47 Å². The van der Waals surface area contributed by atoms with Crippen molar-refractivity contribution in [3.63, 3.8) is 0 Å². The summed E-state index contributed by atoms with van der Waals surface area (Å²) >= 11 is 0. The molecule has 11 nitrogen and oxygen atoms in total. The molecule has 1 atom stereocenters. The minimum atomic E-state index is -0.673. The topological polar surface area (TPSA) is 132 Å². The van der Waals surface area contributed by atoms with E-state index in [-0.39, 0.29) is 17.3 Å². The molecule has 0 saturated carbocycles. The molecule has 0 amide bonds. The maximum atomic E-state index is 11.6. The lowest BCUT2D eigenvalue weighted by Crippen LogP contribution is -2.33. The van der Waals surface area contributed by atoms with E-state index in [1.54, 1.807) is 7.11 Å². The summed E-state index contributed by atoms with van der Waals surface area (Å²) in [5.41, 5.74) is 4.40. The Morgan fingerprint density at radius 3 is 2.25 bits per heavy atom. The number of rotatable bonds is 12. The first-order valence-electron chi connectivity index (χ1n) is 13.2. The van der Waals surface area contributed by atoms with Crippen LogP contribution >= 0.6 is 0 Å². The van der Waals surface area contributed by atoms with Crippen molar-refractivity contribution in [2.24, 2.45) is 5.10 Å². The van der Waals surface area contributed by atoms with Gasteiger partial charge in [-0.05, 0) is 79.5 Å². The van der Waals surface area contributed by atoms with Gasteiger partial charge in [0.15, 0.2) is 0 Å². The normalized spacial score (nSPS) is 14.8. The van der Waals surface area contributed by atoms with Crippen molar-refractivity contribution in [3.8, 4) is 11.5 Å². The van der Waals surface area contributed by atoms with Crippen LogP contribution in [0.15, 0.2) is 71.8 Å². The van der Waals surface area contributed by atoms with Crippen molar-refractivity contribution in [2.75, 3.05) is 38.8 Å². The smallest absolute Gasteiger partial charge is 0.301 e. The molecule has 1 aliphatic rings. The summed E-state index contributed by atoms with van der Waals surface area (Å²) in [6.07, 6.45) is 3.77. The van der Waals surface area contributed by atoms with Crippen molar-refractivity contribution in [1.82, 2.24) is 4.90 Å². The number of methoxy groups -OCH3 is 1. The van der Waals surface area contributed by atoms with Gasteiger partial charge >= 0.3 is 5.69 Å². The molecule has 3 aromatic rings. The summed E-state index contributed by atoms with van der Waals surface area (Å²) in [6, 6.07) is 18.6. The van der Waals surface area contributed by atoms with Crippen LogP contribution in [-0.4, -0.2) is 53.8 Å². The van der Waals surface area contributed by atoms with Gasteiger partial charge in [-0.2, -0.15) is 5.10 Å². The molecule has 1 aliphatic heterocycles. The van der Waals surface area contributed by atoms with E-state index in [1.165, 1.54) is 31.4 Å². The van der Waals surface area contributed by atoms with Gasteiger partial charge in [-0.1, -0.05) is 25.5 Å². The summed E-state index contributed by atoms with van der Waals surface area (Å²) in [5, 5.41) is 27.3. The molecule has 210 valence electrons. The number of benzene rings is 3. The van der Waals surface area contributed by atoms with Gasteiger partial charge in [0.1, 0.15) is 23.8 Å². The summed E-state index contributed by atoms with van der Waals surface area (Å²) in [6.45, 7) is 5.71. The van der Waals surface area contributed by atoms with Crippen molar-refractivity contribution < 1.29 is 19.3 Å². The minimum absolute atomic E-state index is 0.0488. The predicted molar refractivity (Wildman–Crippen MR) is 154 cm³/mol. The zero-order valence-corrected chi connectivity index (χ0v) is 22.6. The predicted octanol–water partition coefficient (Wildman–Crippen LogP) is 6.00. The van der Waals surface area contributed by atoms with Gasteiger partial charge in [-0.25, -0.2) is 0 Å². The number of ether oxygens (including phenoxy) is 2. The van der Waals surface area contributed by atoms with E-state index in [9.17, 15) is 20.2 Å². The Balaban J connectivity index is 1.58. The lowest BCUT2D eigenvalue weighted by molar-refractivity contribution is -0.393. The average molecular weight is 548 g/mol. The molecular formula is C29H33N5O6. The second-order valence-corrected chi connectivity index (χ2v) is 9.59. The molecule has 0 aliphatic carbocycles. The molecule has 0 spiro atoms. The molecular weight excluding hydrogens is 514 g/mol. The highest BCUT2D eigenvalue weighted by molar-refractivity contribution is 6.05. The molecule has 1 N–H and O–H groups in total. The van der Waals surface area contributed by atoms with Crippen molar-refractivity contribution in [3.05, 3.63) is 98.1 Å². The van der Waals surface area contributed by atoms with Crippen molar-refractivity contribution >= 4 is 22.8 Å². The highest BCUT2D eigenvalue weighted by atomic mass is 16.6. The number of hydrazone groups is 1. The third-order valence-electron chi connectivity index (χ3n) is 6.99. The van der Waals surface area contributed by atoms with Gasteiger partial charge in [0.25, 0.3) is 5.69 Å². The van der Waals surface area contributed by atoms with E-state index in [4.69, 9.17) is 9.47 Å². The number of hydrogen-bond donors (Lipinski definition) is 1. The number of nitro benzene ring substituents is 2. The fraction of sp³-hybridized carbons (Fsp3) is 0.345. The standard InChI is InChI=1S/C29H33N5O6/c1-21(22-6-11-25(39-2)12-7-22)29(31-30-27-15-10-24(33(35)36)20-28(27)34(37)38)23-8-13-26(14-9-23)40-19-18-32-16-4-3-5-17-32/h6-15,20-21,30H,3-5,16-19H2,1-2H3/b31-29+. The lowest BCUT2D eigenvalue weighted by atomic mass is 9.91. The Bertz CT molecular complexity index is 1340. The number of anilines is 1. The number of hydrogen-bond acceptors (Lipinski definition) is 9. The van der Waals surface area contributed by atoms with Gasteiger partial charge in [0.2, 0.25) is 0 Å². The number of non-ortho nitro benzene ring substituents is 1. The van der Waals surface area contributed by atoms with Crippen LogP contribution in [0.2, 0.25) is 0 Å². The van der Waals surface area contributed by atoms with Gasteiger partial charge in [0.05, 0.1) is 28.7 Å². The summed E-state index contributed by atoms with van der Waals surface area (Å²) in [7, 11) is 1.60.